The first-order valence-electron chi connectivity index (χ1n) is 6.38. The van der Waals surface area contributed by atoms with E-state index in [4.69, 9.17) is 0 Å². The van der Waals surface area contributed by atoms with E-state index in [1.165, 1.54) is 16.9 Å². The number of tetrazole rings is 1. The van der Waals surface area contributed by atoms with E-state index in [1.54, 1.807) is 24.3 Å². The predicted octanol–water partition coefficient (Wildman–Crippen LogP) is 2.58. The molecule has 21 heavy (non-hydrogen) atoms. The fourth-order valence-electron chi connectivity index (χ4n) is 2.09. The number of halogens is 1. The van der Waals surface area contributed by atoms with Crippen LogP contribution in [0.4, 0.5) is 4.39 Å². The molecule has 3 rings (SSSR count). The van der Waals surface area contributed by atoms with Gasteiger partial charge < -0.3 is 5.11 Å². The summed E-state index contributed by atoms with van der Waals surface area (Å²) in [5.41, 5.74) is 2.25. The lowest BCUT2D eigenvalue weighted by Gasteiger charge is -2.12. The first-order chi connectivity index (χ1) is 10.1. The second-order valence-electron chi connectivity index (χ2n) is 4.70. The molecule has 0 aliphatic heterocycles. The fraction of sp³-hybridized carbons (Fsp3) is 0.214. The molecule has 2 aromatic heterocycles. The number of hydrogen-bond acceptors (Lipinski definition) is 5. The standard InChI is InChI=1S/C14H13FN4OS/c1-9-6-11(15)2-3-12(9)13(20)7-19-17-14(16-18-19)10-4-5-21-8-10/h2-6,8,13,20H,7H2,1H3/t13-/m1/s1. The second kappa shape index (κ2) is 5.71. The van der Waals surface area contributed by atoms with Crippen LogP contribution in [0.3, 0.4) is 0 Å². The van der Waals surface area contributed by atoms with Crippen molar-refractivity contribution in [3.05, 3.63) is 52.0 Å². The Morgan fingerprint density at radius 1 is 1.38 bits per heavy atom. The Hall–Kier alpha value is -2.12. The topological polar surface area (TPSA) is 63.8 Å². The van der Waals surface area contributed by atoms with Gasteiger partial charge in [0.15, 0.2) is 0 Å². The summed E-state index contributed by atoms with van der Waals surface area (Å²) in [4.78, 5) is 1.35. The molecule has 0 saturated carbocycles. The van der Waals surface area contributed by atoms with Crippen LogP contribution in [0.2, 0.25) is 0 Å². The molecule has 0 aliphatic carbocycles. The van der Waals surface area contributed by atoms with Gasteiger partial charge in [0.1, 0.15) is 11.9 Å². The summed E-state index contributed by atoms with van der Waals surface area (Å²) in [6.45, 7) is 1.93. The van der Waals surface area contributed by atoms with E-state index in [9.17, 15) is 9.50 Å². The Labute approximate surface area is 124 Å². The Kier molecular flexibility index (Phi) is 3.76. The largest absolute Gasteiger partial charge is 0.386 e. The van der Waals surface area contributed by atoms with Crippen molar-refractivity contribution in [3.8, 4) is 11.4 Å². The number of rotatable bonds is 4. The molecule has 0 radical (unpaired) electrons. The minimum Gasteiger partial charge on any atom is -0.386 e. The van der Waals surface area contributed by atoms with Crippen LogP contribution in [-0.4, -0.2) is 25.3 Å². The maximum absolute atomic E-state index is 13.1. The molecule has 1 N–H and O–H groups in total. The quantitative estimate of drug-likeness (QED) is 0.804. The maximum Gasteiger partial charge on any atom is 0.205 e. The number of aliphatic hydroxyl groups excluding tert-OH is 1. The Morgan fingerprint density at radius 3 is 2.95 bits per heavy atom. The molecular weight excluding hydrogens is 291 g/mol. The summed E-state index contributed by atoms with van der Waals surface area (Å²) in [5, 5.41) is 26.2. The molecule has 2 heterocycles. The average molecular weight is 304 g/mol. The lowest BCUT2D eigenvalue weighted by Crippen LogP contribution is -2.12. The van der Waals surface area contributed by atoms with E-state index in [0.29, 0.717) is 17.0 Å². The molecule has 0 unspecified atom stereocenters. The molecular formula is C14H13FN4OS. The van der Waals surface area contributed by atoms with Gasteiger partial charge in [-0.25, -0.2) is 4.39 Å². The highest BCUT2D eigenvalue weighted by Crippen LogP contribution is 2.21. The Morgan fingerprint density at radius 2 is 2.24 bits per heavy atom. The SMILES string of the molecule is Cc1cc(F)ccc1[C@H](O)Cn1nnc(-c2ccsc2)n1. The number of thiophene rings is 1. The Bertz CT molecular complexity index is 741. The van der Waals surface area contributed by atoms with Gasteiger partial charge in [-0.15, -0.1) is 10.2 Å². The van der Waals surface area contributed by atoms with Gasteiger partial charge in [0.05, 0.1) is 6.54 Å². The van der Waals surface area contributed by atoms with Crippen molar-refractivity contribution in [3.63, 3.8) is 0 Å². The van der Waals surface area contributed by atoms with E-state index >= 15 is 0 Å². The zero-order chi connectivity index (χ0) is 14.8. The van der Waals surface area contributed by atoms with Gasteiger partial charge in [0.2, 0.25) is 5.82 Å². The van der Waals surface area contributed by atoms with Crippen LogP contribution < -0.4 is 0 Å². The minimum atomic E-state index is -0.810. The van der Waals surface area contributed by atoms with Crippen LogP contribution in [-0.2, 0) is 6.54 Å². The average Bonchev–Trinajstić information content (AvgIpc) is 3.08. The monoisotopic (exact) mass is 304 g/mol. The second-order valence-corrected chi connectivity index (χ2v) is 5.48. The van der Waals surface area contributed by atoms with E-state index < -0.39 is 6.10 Å². The van der Waals surface area contributed by atoms with Crippen molar-refractivity contribution in [1.82, 2.24) is 20.2 Å². The van der Waals surface area contributed by atoms with Gasteiger partial charge in [-0.05, 0) is 46.8 Å². The molecule has 0 amide bonds. The molecule has 7 heteroatoms. The lowest BCUT2D eigenvalue weighted by atomic mass is 10.0. The van der Waals surface area contributed by atoms with Crippen LogP contribution in [0.15, 0.2) is 35.0 Å². The van der Waals surface area contributed by atoms with E-state index in [0.717, 1.165) is 5.56 Å². The number of aryl methyl sites for hydroxylation is 1. The van der Waals surface area contributed by atoms with Crippen molar-refractivity contribution in [2.24, 2.45) is 0 Å². The molecule has 0 aliphatic rings. The number of aromatic nitrogens is 4. The third-order valence-corrected chi connectivity index (χ3v) is 3.84. The number of hydrogen-bond donors (Lipinski definition) is 1. The molecule has 0 bridgehead atoms. The molecule has 3 aromatic rings. The van der Waals surface area contributed by atoms with Crippen LogP contribution in [0.5, 0.6) is 0 Å². The highest BCUT2D eigenvalue weighted by Gasteiger charge is 2.14. The van der Waals surface area contributed by atoms with Crippen LogP contribution in [0.25, 0.3) is 11.4 Å². The maximum atomic E-state index is 13.1. The third kappa shape index (κ3) is 2.98. The highest BCUT2D eigenvalue weighted by atomic mass is 32.1. The van der Waals surface area contributed by atoms with Crippen molar-refractivity contribution in [1.29, 1.82) is 0 Å². The Balaban J connectivity index is 1.77. The molecule has 0 saturated heterocycles. The van der Waals surface area contributed by atoms with Crippen LogP contribution >= 0.6 is 11.3 Å². The van der Waals surface area contributed by atoms with E-state index in [2.05, 4.69) is 15.4 Å². The smallest absolute Gasteiger partial charge is 0.205 e. The summed E-state index contributed by atoms with van der Waals surface area (Å²) in [5.74, 6) is 0.210. The van der Waals surface area contributed by atoms with Crippen molar-refractivity contribution in [2.75, 3.05) is 0 Å². The van der Waals surface area contributed by atoms with Crippen LogP contribution in [0.1, 0.15) is 17.2 Å². The number of nitrogens with zero attached hydrogens (tertiary/aromatic N) is 4. The van der Waals surface area contributed by atoms with Crippen molar-refractivity contribution < 1.29 is 9.50 Å². The van der Waals surface area contributed by atoms with Gasteiger partial charge in [-0.2, -0.15) is 16.1 Å². The van der Waals surface area contributed by atoms with Gasteiger partial charge in [-0.3, -0.25) is 0 Å². The lowest BCUT2D eigenvalue weighted by molar-refractivity contribution is 0.144. The van der Waals surface area contributed by atoms with Gasteiger partial charge in [0.25, 0.3) is 0 Å². The summed E-state index contributed by atoms with van der Waals surface area (Å²) < 4.78 is 13.1. The summed E-state index contributed by atoms with van der Waals surface area (Å²) >= 11 is 1.56. The molecule has 1 atom stereocenters. The molecule has 5 nitrogen and oxygen atoms in total. The first kappa shape index (κ1) is 13.8. The normalized spacial score (nSPS) is 12.5. The molecule has 0 fully saturated rings. The van der Waals surface area contributed by atoms with Crippen molar-refractivity contribution >= 4 is 11.3 Å². The number of aliphatic hydroxyl groups is 1. The highest BCUT2D eigenvalue weighted by molar-refractivity contribution is 7.08. The zero-order valence-corrected chi connectivity index (χ0v) is 12.1. The van der Waals surface area contributed by atoms with Crippen LogP contribution in [0, 0.1) is 12.7 Å². The third-order valence-electron chi connectivity index (χ3n) is 3.16. The van der Waals surface area contributed by atoms with E-state index in [1.807, 2.05) is 16.8 Å². The van der Waals surface area contributed by atoms with Gasteiger partial charge in [0, 0.05) is 10.9 Å². The van der Waals surface area contributed by atoms with Gasteiger partial charge >= 0.3 is 0 Å². The summed E-state index contributed by atoms with van der Waals surface area (Å²) in [7, 11) is 0. The summed E-state index contributed by atoms with van der Waals surface area (Å²) in [6.07, 6.45) is -0.810. The van der Waals surface area contributed by atoms with E-state index in [-0.39, 0.29) is 12.4 Å². The van der Waals surface area contributed by atoms with Gasteiger partial charge in [-0.1, -0.05) is 6.07 Å². The summed E-state index contributed by atoms with van der Waals surface area (Å²) in [6, 6.07) is 6.21. The zero-order valence-electron chi connectivity index (χ0n) is 11.3. The predicted molar refractivity (Wildman–Crippen MR) is 77.2 cm³/mol. The molecule has 1 aromatic carbocycles. The van der Waals surface area contributed by atoms with Crippen molar-refractivity contribution in [2.45, 2.75) is 19.6 Å². The molecule has 0 spiro atoms. The number of benzene rings is 1. The minimum absolute atomic E-state index is 0.170. The fourth-order valence-corrected chi connectivity index (χ4v) is 2.73. The first-order valence-corrected chi connectivity index (χ1v) is 7.32. The molecule has 108 valence electrons.